The van der Waals surface area contributed by atoms with Crippen LogP contribution in [0.5, 0.6) is 0 Å². The van der Waals surface area contributed by atoms with Crippen LogP contribution in [-0.4, -0.2) is 29.0 Å². The number of Topliss-reactive ketones (excluding diaryl/α,β-unsaturated/α-hetero) is 1. The second-order valence-electron chi connectivity index (χ2n) is 5.03. The fraction of sp³-hybridized carbons (Fsp3) is 0.235. The van der Waals surface area contributed by atoms with Gasteiger partial charge in [-0.15, -0.1) is 11.3 Å². The third kappa shape index (κ3) is 5.51. The lowest BCUT2D eigenvalue weighted by Crippen LogP contribution is -2.41. The lowest BCUT2D eigenvalue weighted by atomic mass is 10.1. The van der Waals surface area contributed by atoms with Gasteiger partial charge in [0, 0.05) is 6.42 Å². The van der Waals surface area contributed by atoms with E-state index in [0.717, 1.165) is 5.56 Å². The van der Waals surface area contributed by atoms with Crippen LogP contribution < -0.4 is 5.32 Å². The van der Waals surface area contributed by atoms with Crippen LogP contribution >= 0.6 is 11.3 Å². The number of hydrogen-bond donors (Lipinski definition) is 2. The van der Waals surface area contributed by atoms with E-state index in [2.05, 4.69) is 5.32 Å². The minimum Gasteiger partial charge on any atom is -0.481 e. The summed E-state index contributed by atoms with van der Waals surface area (Å²) in [5, 5.41) is 13.0. The third-order valence-electron chi connectivity index (χ3n) is 3.23. The van der Waals surface area contributed by atoms with Crippen LogP contribution in [0.2, 0.25) is 0 Å². The van der Waals surface area contributed by atoms with Crippen LogP contribution in [0.3, 0.4) is 0 Å². The predicted octanol–water partition coefficient (Wildman–Crippen LogP) is 3.09. The summed E-state index contributed by atoms with van der Waals surface area (Å²) in [6.45, 7) is 0.0749. The largest absolute Gasteiger partial charge is 0.481 e. The Labute approximate surface area is 143 Å². The Kier molecular flexibility index (Phi) is 6.51. The van der Waals surface area contributed by atoms with Crippen molar-refractivity contribution < 1.29 is 24.2 Å². The second-order valence-corrected chi connectivity index (χ2v) is 5.98. The molecule has 1 atom stereocenters. The number of hydrogen-bond acceptors (Lipinski definition) is 5. The summed E-state index contributed by atoms with van der Waals surface area (Å²) in [5.41, 5.74) is 0.819. The van der Waals surface area contributed by atoms with Crippen molar-refractivity contribution in [2.24, 2.45) is 0 Å². The average molecular weight is 347 g/mol. The monoisotopic (exact) mass is 347 g/mol. The van der Waals surface area contributed by atoms with Crippen molar-refractivity contribution in [1.29, 1.82) is 0 Å². The highest BCUT2D eigenvalue weighted by Gasteiger charge is 2.24. The molecule has 6 nitrogen and oxygen atoms in total. The van der Waals surface area contributed by atoms with Gasteiger partial charge in [0.25, 0.3) is 0 Å². The van der Waals surface area contributed by atoms with E-state index in [-0.39, 0.29) is 25.2 Å². The molecule has 0 aliphatic rings. The summed E-state index contributed by atoms with van der Waals surface area (Å²) in [5.74, 6) is -1.35. The molecule has 0 aliphatic heterocycles. The summed E-state index contributed by atoms with van der Waals surface area (Å²) in [7, 11) is 0. The van der Waals surface area contributed by atoms with Gasteiger partial charge in [-0.25, -0.2) is 4.79 Å². The smallest absolute Gasteiger partial charge is 0.408 e. The maximum absolute atomic E-state index is 12.4. The topological polar surface area (TPSA) is 92.7 Å². The Bertz CT molecular complexity index is 684. The van der Waals surface area contributed by atoms with E-state index < -0.39 is 18.1 Å². The van der Waals surface area contributed by atoms with Gasteiger partial charge in [0.2, 0.25) is 0 Å². The molecule has 1 aromatic carbocycles. The van der Waals surface area contributed by atoms with E-state index in [0.29, 0.717) is 4.88 Å². The van der Waals surface area contributed by atoms with Crippen LogP contribution in [0.1, 0.15) is 28.1 Å². The fourth-order valence-corrected chi connectivity index (χ4v) is 2.75. The van der Waals surface area contributed by atoms with Gasteiger partial charge < -0.3 is 15.2 Å². The van der Waals surface area contributed by atoms with Gasteiger partial charge in [-0.05, 0) is 23.4 Å². The number of benzene rings is 1. The third-order valence-corrected chi connectivity index (χ3v) is 4.12. The zero-order valence-corrected chi connectivity index (χ0v) is 13.6. The number of carbonyl (C=O) groups is 3. The molecule has 0 saturated heterocycles. The predicted molar refractivity (Wildman–Crippen MR) is 89.1 cm³/mol. The molecule has 0 unspecified atom stereocenters. The van der Waals surface area contributed by atoms with Crippen molar-refractivity contribution >= 4 is 29.2 Å². The molecule has 0 spiro atoms. The molecule has 0 bridgehead atoms. The zero-order chi connectivity index (χ0) is 17.4. The molecule has 7 heteroatoms. The van der Waals surface area contributed by atoms with Crippen LogP contribution in [0.4, 0.5) is 4.79 Å². The summed E-state index contributed by atoms with van der Waals surface area (Å²) >= 11 is 1.24. The number of nitrogens with one attached hydrogen (secondary N) is 1. The van der Waals surface area contributed by atoms with Crippen LogP contribution in [0.25, 0.3) is 0 Å². The molecule has 2 rings (SSSR count). The van der Waals surface area contributed by atoms with Gasteiger partial charge in [0.1, 0.15) is 6.61 Å². The van der Waals surface area contributed by atoms with Crippen LogP contribution in [-0.2, 0) is 16.1 Å². The second kappa shape index (κ2) is 8.83. The number of ketones is 1. The minimum atomic E-state index is -1.03. The minimum absolute atomic E-state index is 0.00645. The summed E-state index contributed by atoms with van der Waals surface area (Å²) in [6.07, 6.45) is -0.966. The zero-order valence-electron chi connectivity index (χ0n) is 12.8. The van der Waals surface area contributed by atoms with E-state index in [1.807, 2.05) is 30.3 Å². The Morgan fingerprint density at radius 3 is 2.50 bits per heavy atom. The quantitative estimate of drug-likeness (QED) is 0.716. The number of carboxylic acid groups (broad SMARTS) is 1. The van der Waals surface area contributed by atoms with Gasteiger partial charge in [-0.1, -0.05) is 36.4 Å². The highest BCUT2D eigenvalue weighted by atomic mass is 32.1. The van der Waals surface area contributed by atoms with Gasteiger partial charge in [0.05, 0.1) is 10.9 Å². The number of amides is 1. The van der Waals surface area contributed by atoms with Crippen molar-refractivity contribution in [1.82, 2.24) is 5.32 Å². The summed E-state index contributed by atoms with van der Waals surface area (Å²) in [4.78, 5) is 35.5. The molecule has 1 amide bonds. The van der Waals surface area contributed by atoms with Crippen LogP contribution in [0, 0.1) is 0 Å². The molecule has 1 aromatic heterocycles. The van der Waals surface area contributed by atoms with Crippen molar-refractivity contribution in [2.75, 3.05) is 0 Å². The SMILES string of the molecule is O=C(O)CC[C@H](NC(=O)OCc1ccccc1)C(=O)c1cccs1. The number of thiophene rings is 1. The molecule has 2 aromatic rings. The molecule has 24 heavy (non-hydrogen) atoms. The number of ether oxygens (including phenoxy) is 1. The number of carboxylic acids is 1. The van der Waals surface area contributed by atoms with Crippen molar-refractivity contribution in [3.8, 4) is 0 Å². The van der Waals surface area contributed by atoms with E-state index in [1.54, 1.807) is 17.5 Å². The first-order chi connectivity index (χ1) is 11.6. The Morgan fingerprint density at radius 1 is 1.12 bits per heavy atom. The molecule has 1 heterocycles. The molecule has 0 aliphatic carbocycles. The van der Waals surface area contributed by atoms with Crippen LogP contribution in [0.15, 0.2) is 47.8 Å². The molecule has 0 fully saturated rings. The number of aliphatic carboxylic acids is 1. The lowest BCUT2D eigenvalue weighted by Gasteiger charge is -2.16. The Balaban J connectivity index is 1.94. The molecule has 2 N–H and O–H groups in total. The van der Waals surface area contributed by atoms with Gasteiger partial charge >= 0.3 is 12.1 Å². The Morgan fingerprint density at radius 2 is 1.88 bits per heavy atom. The van der Waals surface area contributed by atoms with Gasteiger partial charge in [0.15, 0.2) is 5.78 Å². The van der Waals surface area contributed by atoms with Gasteiger partial charge in [-0.2, -0.15) is 0 Å². The molecular weight excluding hydrogens is 330 g/mol. The van der Waals surface area contributed by atoms with E-state index in [9.17, 15) is 14.4 Å². The molecule has 0 radical (unpaired) electrons. The highest BCUT2D eigenvalue weighted by Crippen LogP contribution is 2.14. The first-order valence-electron chi connectivity index (χ1n) is 7.33. The normalized spacial score (nSPS) is 11.5. The molecular formula is C17H17NO5S. The number of rotatable bonds is 8. The first kappa shape index (κ1) is 17.7. The maximum Gasteiger partial charge on any atom is 0.408 e. The lowest BCUT2D eigenvalue weighted by molar-refractivity contribution is -0.137. The molecule has 126 valence electrons. The van der Waals surface area contributed by atoms with E-state index in [1.165, 1.54) is 11.3 Å². The maximum atomic E-state index is 12.4. The molecule has 0 saturated carbocycles. The number of carbonyl (C=O) groups excluding carboxylic acids is 2. The Hall–Kier alpha value is -2.67. The first-order valence-corrected chi connectivity index (χ1v) is 8.21. The van der Waals surface area contributed by atoms with Crippen molar-refractivity contribution in [3.63, 3.8) is 0 Å². The van der Waals surface area contributed by atoms with Crippen molar-refractivity contribution in [2.45, 2.75) is 25.5 Å². The number of alkyl carbamates (subject to hydrolysis) is 1. The van der Waals surface area contributed by atoms with E-state index >= 15 is 0 Å². The summed E-state index contributed by atoms with van der Waals surface area (Å²) < 4.78 is 5.09. The van der Waals surface area contributed by atoms with Crippen molar-refractivity contribution in [3.05, 3.63) is 58.3 Å². The van der Waals surface area contributed by atoms with Gasteiger partial charge in [-0.3, -0.25) is 9.59 Å². The fourth-order valence-electron chi connectivity index (χ4n) is 2.03. The van der Waals surface area contributed by atoms with E-state index in [4.69, 9.17) is 9.84 Å². The highest BCUT2D eigenvalue weighted by molar-refractivity contribution is 7.12. The summed E-state index contributed by atoms with van der Waals surface area (Å²) in [6, 6.07) is 11.6. The average Bonchev–Trinajstić information content (AvgIpc) is 3.11. The standard InChI is InChI=1S/C17H17NO5S/c19-15(20)9-8-13(16(21)14-7-4-10-24-14)18-17(22)23-11-12-5-2-1-3-6-12/h1-7,10,13H,8-9,11H2,(H,18,22)(H,19,20)/t13-/m0/s1.